The molecule has 0 aliphatic carbocycles. The summed E-state index contributed by atoms with van der Waals surface area (Å²) in [6.45, 7) is 1.41. The molecule has 0 radical (unpaired) electrons. The normalized spacial score (nSPS) is 11.3. The molecule has 1 amide bonds. The number of amides is 1. The number of nitrogens with one attached hydrogen (secondary N) is 1. The zero-order valence-electron chi connectivity index (χ0n) is 12.2. The summed E-state index contributed by atoms with van der Waals surface area (Å²) in [7, 11) is 0. The first kappa shape index (κ1) is 17.8. The summed E-state index contributed by atoms with van der Waals surface area (Å²) in [5, 5.41) is 13.0. The molecule has 0 saturated heterocycles. The molecule has 0 aliphatic rings. The smallest absolute Gasteiger partial charge is 0.451 e. The van der Waals surface area contributed by atoms with E-state index in [0.717, 1.165) is 17.4 Å². The van der Waals surface area contributed by atoms with Crippen molar-refractivity contribution in [3.05, 3.63) is 39.4 Å². The van der Waals surface area contributed by atoms with Crippen LogP contribution in [-0.4, -0.2) is 38.5 Å². The van der Waals surface area contributed by atoms with Gasteiger partial charge in [0.15, 0.2) is 5.69 Å². The molecule has 2 N–H and O–H groups in total. The van der Waals surface area contributed by atoms with Crippen LogP contribution in [0.15, 0.2) is 11.4 Å². The van der Waals surface area contributed by atoms with Crippen LogP contribution >= 0.6 is 11.3 Å². The van der Waals surface area contributed by atoms with Crippen LogP contribution in [0.4, 0.5) is 13.2 Å². The van der Waals surface area contributed by atoms with Crippen molar-refractivity contribution in [1.82, 2.24) is 20.3 Å². The van der Waals surface area contributed by atoms with E-state index in [1.807, 2.05) is 0 Å². The van der Waals surface area contributed by atoms with Crippen molar-refractivity contribution >= 4 is 23.2 Å². The lowest BCUT2D eigenvalue weighted by atomic mass is 10.3. The van der Waals surface area contributed by atoms with E-state index in [4.69, 9.17) is 5.11 Å². The number of carboxylic acids is 1. The third-order valence-electron chi connectivity index (χ3n) is 2.74. The molecule has 2 rings (SSSR count). The molecule has 24 heavy (non-hydrogen) atoms. The molecule has 2 aromatic rings. The zero-order valence-corrected chi connectivity index (χ0v) is 13.0. The second kappa shape index (κ2) is 6.91. The van der Waals surface area contributed by atoms with Gasteiger partial charge in [-0.25, -0.2) is 19.7 Å². The van der Waals surface area contributed by atoms with Gasteiger partial charge in [-0.3, -0.25) is 4.79 Å². The van der Waals surface area contributed by atoms with E-state index in [-0.39, 0.29) is 30.0 Å². The van der Waals surface area contributed by atoms with Crippen LogP contribution < -0.4 is 5.32 Å². The molecule has 7 nitrogen and oxygen atoms in total. The van der Waals surface area contributed by atoms with Gasteiger partial charge in [-0.1, -0.05) is 0 Å². The van der Waals surface area contributed by atoms with Gasteiger partial charge in [-0.05, 0) is 13.0 Å². The lowest BCUT2D eigenvalue weighted by Crippen LogP contribution is -2.28. The zero-order chi connectivity index (χ0) is 17.9. The Bertz CT molecular complexity index is 776. The largest absolute Gasteiger partial charge is 0.476 e. The minimum Gasteiger partial charge on any atom is -0.476 e. The van der Waals surface area contributed by atoms with Gasteiger partial charge in [-0.15, -0.1) is 11.3 Å². The van der Waals surface area contributed by atoms with Crippen LogP contribution in [0.5, 0.6) is 0 Å². The van der Waals surface area contributed by atoms with Gasteiger partial charge < -0.3 is 10.4 Å². The van der Waals surface area contributed by atoms with Gasteiger partial charge in [0.25, 0.3) is 5.91 Å². The fourth-order valence-electron chi connectivity index (χ4n) is 1.71. The van der Waals surface area contributed by atoms with Crippen molar-refractivity contribution in [2.45, 2.75) is 19.5 Å². The number of aryl methyl sites for hydroxylation is 1. The van der Waals surface area contributed by atoms with Crippen molar-refractivity contribution in [1.29, 1.82) is 0 Å². The molecule has 128 valence electrons. The van der Waals surface area contributed by atoms with Crippen molar-refractivity contribution in [2.24, 2.45) is 0 Å². The second-order valence-electron chi connectivity index (χ2n) is 4.65. The number of rotatable bonds is 5. The van der Waals surface area contributed by atoms with E-state index < -0.39 is 23.9 Å². The Kier molecular flexibility index (Phi) is 5.12. The minimum absolute atomic E-state index is 0.0218. The SMILES string of the molecule is Cc1cc(C(=O)NCCc2nc(C(=O)O)cs2)nc(C(F)(F)F)n1. The highest BCUT2D eigenvalue weighted by Crippen LogP contribution is 2.26. The van der Waals surface area contributed by atoms with Gasteiger partial charge in [-0.2, -0.15) is 13.2 Å². The predicted molar refractivity (Wildman–Crippen MR) is 76.9 cm³/mol. The van der Waals surface area contributed by atoms with Gasteiger partial charge in [0, 0.05) is 24.0 Å². The lowest BCUT2D eigenvalue weighted by Gasteiger charge is -2.08. The number of carbonyl (C=O) groups is 2. The number of nitrogens with zero attached hydrogens (tertiary/aromatic N) is 3. The van der Waals surface area contributed by atoms with Crippen molar-refractivity contribution in [3.63, 3.8) is 0 Å². The van der Waals surface area contributed by atoms with Crippen LogP contribution in [0, 0.1) is 6.92 Å². The van der Waals surface area contributed by atoms with Gasteiger partial charge in [0.1, 0.15) is 5.69 Å². The Morgan fingerprint density at radius 2 is 1.96 bits per heavy atom. The van der Waals surface area contributed by atoms with E-state index in [0.29, 0.717) is 5.01 Å². The quantitative estimate of drug-likeness (QED) is 0.844. The Balaban J connectivity index is 1.99. The number of hydrogen-bond donors (Lipinski definition) is 2. The standard InChI is InChI=1S/C13H11F3N4O3S/c1-6-4-7(20-12(18-6)13(14,15)16)10(21)17-3-2-9-19-8(5-24-9)11(22)23/h4-5H,2-3H2,1H3,(H,17,21)(H,22,23). The van der Waals surface area contributed by atoms with Crippen LogP contribution in [0.3, 0.4) is 0 Å². The van der Waals surface area contributed by atoms with Crippen LogP contribution in [0.25, 0.3) is 0 Å². The third-order valence-corrected chi connectivity index (χ3v) is 3.64. The number of carbonyl (C=O) groups excluding carboxylic acids is 1. The number of aromatic carboxylic acids is 1. The number of thiazole rings is 1. The maximum atomic E-state index is 12.6. The van der Waals surface area contributed by atoms with Crippen LogP contribution in [-0.2, 0) is 12.6 Å². The van der Waals surface area contributed by atoms with Crippen LogP contribution in [0.1, 0.15) is 37.5 Å². The predicted octanol–water partition coefficient (Wildman–Crippen LogP) is 1.93. The highest BCUT2D eigenvalue weighted by Gasteiger charge is 2.35. The van der Waals surface area contributed by atoms with Crippen molar-refractivity contribution in [2.75, 3.05) is 6.54 Å². The number of alkyl halides is 3. The Labute approximate surface area is 137 Å². The Morgan fingerprint density at radius 3 is 2.54 bits per heavy atom. The van der Waals surface area contributed by atoms with Crippen molar-refractivity contribution < 1.29 is 27.9 Å². The molecule has 0 fully saturated rings. The summed E-state index contributed by atoms with van der Waals surface area (Å²) in [4.78, 5) is 32.9. The fraction of sp³-hybridized carbons (Fsp3) is 0.308. The summed E-state index contributed by atoms with van der Waals surface area (Å²) < 4.78 is 37.9. The molecular formula is C13H11F3N4O3S. The number of halogens is 3. The highest BCUT2D eigenvalue weighted by molar-refractivity contribution is 7.09. The minimum atomic E-state index is -4.74. The Hall–Kier alpha value is -2.56. The van der Waals surface area contributed by atoms with Gasteiger partial charge in [0.2, 0.25) is 5.82 Å². The maximum Gasteiger partial charge on any atom is 0.451 e. The van der Waals surface area contributed by atoms with Crippen molar-refractivity contribution in [3.8, 4) is 0 Å². The third kappa shape index (κ3) is 4.47. The topological polar surface area (TPSA) is 105 Å². The first-order chi connectivity index (χ1) is 11.2. The van der Waals surface area contributed by atoms with Gasteiger partial charge >= 0.3 is 12.1 Å². The molecule has 0 saturated carbocycles. The lowest BCUT2D eigenvalue weighted by molar-refractivity contribution is -0.145. The first-order valence-corrected chi connectivity index (χ1v) is 7.43. The van der Waals surface area contributed by atoms with E-state index in [1.165, 1.54) is 12.3 Å². The monoisotopic (exact) mass is 360 g/mol. The first-order valence-electron chi connectivity index (χ1n) is 6.55. The molecule has 0 unspecified atom stereocenters. The summed E-state index contributed by atoms with van der Waals surface area (Å²) in [5.41, 5.74) is -0.462. The molecule has 0 aliphatic heterocycles. The maximum absolute atomic E-state index is 12.6. The van der Waals surface area contributed by atoms with E-state index in [2.05, 4.69) is 20.3 Å². The number of carboxylic acid groups (broad SMARTS) is 1. The van der Waals surface area contributed by atoms with E-state index in [1.54, 1.807) is 0 Å². The number of hydrogen-bond acceptors (Lipinski definition) is 6. The average molecular weight is 360 g/mol. The number of aromatic nitrogens is 3. The summed E-state index contributed by atoms with van der Waals surface area (Å²) in [5.74, 6) is -3.31. The summed E-state index contributed by atoms with van der Waals surface area (Å²) in [6, 6.07) is 1.15. The molecule has 0 spiro atoms. The molecule has 0 atom stereocenters. The molecular weight excluding hydrogens is 349 g/mol. The highest BCUT2D eigenvalue weighted by atomic mass is 32.1. The molecule has 2 aromatic heterocycles. The second-order valence-corrected chi connectivity index (χ2v) is 5.60. The average Bonchev–Trinajstić information content (AvgIpc) is 2.94. The summed E-state index contributed by atoms with van der Waals surface area (Å²) in [6.07, 6.45) is -4.49. The Morgan fingerprint density at radius 1 is 1.25 bits per heavy atom. The van der Waals surface area contributed by atoms with E-state index >= 15 is 0 Å². The fourth-order valence-corrected chi connectivity index (χ4v) is 2.48. The molecule has 0 bridgehead atoms. The molecule has 2 heterocycles. The summed E-state index contributed by atoms with van der Waals surface area (Å²) >= 11 is 1.12. The molecule has 11 heteroatoms. The van der Waals surface area contributed by atoms with Crippen LogP contribution in [0.2, 0.25) is 0 Å². The van der Waals surface area contributed by atoms with Gasteiger partial charge in [0.05, 0.1) is 5.01 Å². The van der Waals surface area contributed by atoms with E-state index in [9.17, 15) is 22.8 Å². The molecule has 0 aromatic carbocycles.